The molecule has 1 aromatic heterocycles. The second-order valence-corrected chi connectivity index (χ2v) is 5.54. The molecule has 0 spiro atoms. The number of furan rings is 1. The lowest BCUT2D eigenvalue weighted by molar-refractivity contribution is 0.0935. The van der Waals surface area contributed by atoms with E-state index < -0.39 is 0 Å². The predicted octanol–water partition coefficient (Wildman–Crippen LogP) is 3.75. The number of carbonyl (C=O) groups excluding carboxylic acids is 1. The Balaban J connectivity index is 1.90. The molecule has 0 aliphatic heterocycles. The molecule has 2 rings (SSSR count). The first kappa shape index (κ1) is 14.7. The van der Waals surface area contributed by atoms with E-state index >= 15 is 0 Å². The minimum absolute atomic E-state index is 0.0121. The van der Waals surface area contributed by atoms with Gasteiger partial charge in [0.1, 0.15) is 5.76 Å². The van der Waals surface area contributed by atoms with Crippen LogP contribution < -0.4 is 5.32 Å². The molecule has 1 unspecified atom stereocenters. The highest BCUT2D eigenvalue weighted by Crippen LogP contribution is 2.19. The Kier molecular flexibility index (Phi) is 5.30. The molecule has 1 aromatic carbocycles. The highest BCUT2D eigenvalue weighted by atomic mass is 32.2. The van der Waals surface area contributed by atoms with E-state index in [1.165, 1.54) is 0 Å². The second-order valence-electron chi connectivity index (χ2n) is 4.69. The van der Waals surface area contributed by atoms with Crippen LogP contribution in [0, 0.1) is 0 Å². The first-order valence-electron chi connectivity index (χ1n) is 6.67. The van der Waals surface area contributed by atoms with Crippen LogP contribution in [0.3, 0.4) is 0 Å². The quantitative estimate of drug-likeness (QED) is 0.823. The monoisotopic (exact) mass is 289 g/mol. The second kappa shape index (κ2) is 7.20. The van der Waals surface area contributed by atoms with Crippen LogP contribution in [0.25, 0.3) is 0 Å². The summed E-state index contributed by atoms with van der Waals surface area (Å²) in [5, 5.41) is 3.04. The van der Waals surface area contributed by atoms with Gasteiger partial charge in [0.15, 0.2) is 0 Å². The van der Waals surface area contributed by atoms with Crippen molar-refractivity contribution in [2.24, 2.45) is 0 Å². The highest BCUT2D eigenvalue weighted by molar-refractivity contribution is 7.98. The predicted molar refractivity (Wildman–Crippen MR) is 82.2 cm³/mol. The molecule has 0 bridgehead atoms. The van der Waals surface area contributed by atoms with Gasteiger partial charge in [0, 0.05) is 17.4 Å². The number of nitrogens with one attached hydrogen (secondary N) is 1. The molecule has 1 heterocycles. The van der Waals surface area contributed by atoms with Gasteiger partial charge in [-0.05, 0) is 43.9 Å². The zero-order chi connectivity index (χ0) is 14.4. The largest absolute Gasteiger partial charge is 0.469 e. The van der Waals surface area contributed by atoms with Crippen molar-refractivity contribution in [1.82, 2.24) is 5.32 Å². The molecule has 0 fully saturated rings. The minimum Gasteiger partial charge on any atom is -0.469 e. The molecule has 20 heavy (non-hydrogen) atoms. The van der Waals surface area contributed by atoms with Gasteiger partial charge in [-0.15, -0.1) is 11.8 Å². The van der Waals surface area contributed by atoms with Gasteiger partial charge < -0.3 is 9.73 Å². The number of amides is 1. The van der Waals surface area contributed by atoms with E-state index in [1.807, 2.05) is 49.6 Å². The number of aryl methyl sites for hydroxylation is 1. The maximum absolute atomic E-state index is 12.2. The summed E-state index contributed by atoms with van der Waals surface area (Å²) in [5.41, 5.74) is 0.741. The fourth-order valence-corrected chi connectivity index (χ4v) is 2.61. The molecule has 0 saturated heterocycles. The maximum atomic E-state index is 12.2. The summed E-state index contributed by atoms with van der Waals surface area (Å²) in [5.74, 6) is 0.942. The zero-order valence-electron chi connectivity index (χ0n) is 11.8. The van der Waals surface area contributed by atoms with Crippen LogP contribution in [0.15, 0.2) is 52.0 Å². The Morgan fingerprint density at radius 3 is 2.80 bits per heavy atom. The van der Waals surface area contributed by atoms with E-state index in [-0.39, 0.29) is 11.9 Å². The molecule has 0 aliphatic carbocycles. The maximum Gasteiger partial charge on any atom is 0.252 e. The number of carbonyl (C=O) groups is 1. The molecule has 0 aliphatic rings. The molecular formula is C16H19NO2S. The van der Waals surface area contributed by atoms with Crippen LogP contribution in [0.2, 0.25) is 0 Å². The van der Waals surface area contributed by atoms with E-state index in [0.29, 0.717) is 0 Å². The summed E-state index contributed by atoms with van der Waals surface area (Å²) in [6.07, 6.45) is 5.35. The van der Waals surface area contributed by atoms with E-state index in [0.717, 1.165) is 29.1 Å². The van der Waals surface area contributed by atoms with Crippen molar-refractivity contribution in [3.63, 3.8) is 0 Å². The van der Waals surface area contributed by atoms with Crippen molar-refractivity contribution < 1.29 is 9.21 Å². The molecule has 1 N–H and O–H groups in total. The first-order chi connectivity index (χ1) is 9.70. The number of rotatable bonds is 6. The van der Waals surface area contributed by atoms with Crippen molar-refractivity contribution in [3.05, 3.63) is 54.0 Å². The Hall–Kier alpha value is -1.68. The summed E-state index contributed by atoms with van der Waals surface area (Å²) in [4.78, 5) is 13.3. The molecule has 3 nitrogen and oxygen atoms in total. The molecule has 4 heteroatoms. The van der Waals surface area contributed by atoms with Crippen LogP contribution in [0.1, 0.15) is 29.5 Å². The Morgan fingerprint density at radius 2 is 2.10 bits per heavy atom. The standard InChI is InChI=1S/C16H19NO2S/c1-12(9-10-13-6-5-11-19-13)17-16(18)14-7-3-4-8-15(14)20-2/h3-8,11-12H,9-10H2,1-2H3,(H,17,18). The smallest absolute Gasteiger partial charge is 0.252 e. The number of benzene rings is 1. The van der Waals surface area contributed by atoms with Crippen molar-refractivity contribution in [3.8, 4) is 0 Å². The molecule has 0 radical (unpaired) electrons. The Bertz CT molecular complexity index is 551. The molecule has 1 atom stereocenters. The number of hydrogen-bond acceptors (Lipinski definition) is 3. The van der Waals surface area contributed by atoms with Gasteiger partial charge in [0.05, 0.1) is 11.8 Å². The Morgan fingerprint density at radius 1 is 1.30 bits per heavy atom. The zero-order valence-corrected chi connectivity index (χ0v) is 12.6. The van der Waals surface area contributed by atoms with Gasteiger partial charge in [0.25, 0.3) is 5.91 Å². The van der Waals surface area contributed by atoms with Gasteiger partial charge in [-0.25, -0.2) is 0 Å². The highest BCUT2D eigenvalue weighted by Gasteiger charge is 2.13. The van der Waals surface area contributed by atoms with Crippen molar-refractivity contribution in [2.75, 3.05) is 6.26 Å². The van der Waals surface area contributed by atoms with Crippen molar-refractivity contribution >= 4 is 17.7 Å². The molecule has 106 valence electrons. The summed E-state index contributed by atoms with van der Waals surface area (Å²) in [6.45, 7) is 2.02. The van der Waals surface area contributed by atoms with Crippen LogP contribution in [0.4, 0.5) is 0 Å². The fourth-order valence-electron chi connectivity index (χ4n) is 2.02. The fraction of sp³-hybridized carbons (Fsp3) is 0.312. The summed E-state index contributed by atoms with van der Waals surface area (Å²) < 4.78 is 5.29. The van der Waals surface area contributed by atoms with Gasteiger partial charge >= 0.3 is 0 Å². The third-order valence-corrected chi connectivity index (χ3v) is 3.93. The van der Waals surface area contributed by atoms with Crippen LogP contribution in [-0.2, 0) is 6.42 Å². The summed E-state index contributed by atoms with van der Waals surface area (Å²) >= 11 is 1.59. The van der Waals surface area contributed by atoms with E-state index in [9.17, 15) is 4.79 Å². The SMILES string of the molecule is CSc1ccccc1C(=O)NC(C)CCc1ccco1. The number of hydrogen-bond donors (Lipinski definition) is 1. The molecule has 0 saturated carbocycles. The van der Waals surface area contributed by atoms with E-state index in [4.69, 9.17) is 4.42 Å². The lowest BCUT2D eigenvalue weighted by Gasteiger charge is -2.14. The number of thioether (sulfide) groups is 1. The molecular weight excluding hydrogens is 270 g/mol. The van der Waals surface area contributed by atoms with Gasteiger partial charge in [-0.3, -0.25) is 4.79 Å². The Labute approximate surface area is 123 Å². The van der Waals surface area contributed by atoms with E-state index in [2.05, 4.69) is 5.32 Å². The third-order valence-electron chi connectivity index (χ3n) is 3.13. The van der Waals surface area contributed by atoms with Gasteiger partial charge in [-0.1, -0.05) is 12.1 Å². The summed E-state index contributed by atoms with van der Waals surface area (Å²) in [6, 6.07) is 11.6. The van der Waals surface area contributed by atoms with Gasteiger partial charge in [0.2, 0.25) is 0 Å². The minimum atomic E-state index is -0.0121. The third kappa shape index (κ3) is 3.90. The molecule has 2 aromatic rings. The first-order valence-corrected chi connectivity index (χ1v) is 7.89. The normalized spacial score (nSPS) is 12.1. The van der Waals surface area contributed by atoms with Crippen molar-refractivity contribution in [1.29, 1.82) is 0 Å². The average molecular weight is 289 g/mol. The average Bonchev–Trinajstić information content (AvgIpc) is 2.98. The lowest BCUT2D eigenvalue weighted by Crippen LogP contribution is -2.33. The topological polar surface area (TPSA) is 42.2 Å². The van der Waals surface area contributed by atoms with Crippen LogP contribution in [-0.4, -0.2) is 18.2 Å². The van der Waals surface area contributed by atoms with Gasteiger partial charge in [-0.2, -0.15) is 0 Å². The van der Waals surface area contributed by atoms with Crippen molar-refractivity contribution in [2.45, 2.75) is 30.7 Å². The molecule has 1 amide bonds. The summed E-state index contributed by atoms with van der Waals surface area (Å²) in [7, 11) is 0. The van der Waals surface area contributed by atoms with Crippen LogP contribution >= 0.6 is 11.8 Å². The lowest BCUT2D eigenvalue weighted by atomic mass is 10.1. The van der Waals surface area contributed by atoms with Crippen LogP contribution in [0.5, 0.6) is 0 Å². The van der Waals surface area contributed by atoms with E-state index in [1.54, 1.807) is 18.0 Å².